The van der Waals surface area contributed by atoms with Crippen molar-refractivity contribution in [3.63, 3.8) is 0 Å². The highest BCUT2D eigenvalue weighted by Gasteiger charge is 2.59. The number of halogens is 5. The second-order valence-corrected chi connectivity index (χ2v) is 4.93. The summed E-state index contributed by atoms with van der Waals surface area (Å²) in [5.74, 6) is -0.729. The topological polar surface area (TPSA) is 52.0 Å². The monoisotopic (exact) mass is 306 g/mol. The Labute approximate surface area is 117 Å². The molecule has 1 aliphatic carbocycles. The third kappa shape index (κ3) is 2.19. The van der Waals surface area contributed by atoms with Crippen LogP contribution in [0.15, 0.2) is 42.1 Å². The van der Waals surface area contributed by atoms with E-state index < -0.39 is 23.5 Å². The van der Waals surface area contributed by atoms with Gasteiger partial charge in [-0.05, 0) is 29.8 Å². The van der Waals surface area contributed by atoms with Crippen LogP contribution in [-0.4, -0.2) is 12.2 Å². The van der Waals surface area contributed by atoms with Crippen LogP contribution in [0.1, 0.15) is 5.56 Å². The second kappa shape index (κ2) is 4.79. The molecule has 0 saturated carbocycles. The summed E-state index contributed by atoms with van der Waals surface area (Å²) in [6, 6.07) is 1.30. The van der Waals surface area contributed by atoms with Crippen molar-refractivity contribution in [1.82, 2.24) is 0 Å². The molecule has 1 aromatic carbocycles. The molecule has 0 heterocycles. The minimum Gasteiger partial charge on any atom is -0.399 e. The van der Waals surface area contributed by atoms with E-state index in [9.17, 15) is 17.6 Å². The number of rotatable bonds is 1. The molecule has 20 heavy (non-hydrogen) atoms. The summed E-state index contributed by atoms with van der Waals surface area (Å²) in [7, 11) is 0. The molecule has 7 heteroatoms. The Morgan fingerprint density at radius 3 is 2.45 bits per heavy atom. The molecule has 2 unspecified atom stereocenters. The first-order valence-electron chi connectivity index (χ1n) is 5.63. The van der Waals surface area contributed by atoms with E-state index in [0.29, 0.717) is 0 Å². The Hall–Kier alpha value is -1.53. The van der Waals surface area contributed by atoms with E-state index >= 15 is 0 Å². The second-order valence-electron chi connectivity index (χ2n) is 4.52. The highest BCUT2D eigenvalue weighted by molar-refractivity contribution is 6.31. The van der Waals surface area contributed by atoms with E-state index in [0.717, 1.165) is 30.4 Å². The van der Waals surface area contributed by atoms with E-state index in [4.69, 9.17) is 23.1 Å². The van der Waals surface area contributed by atoms with Gasteiger partial charge in [0.1, 0.15) is 11.2 Å². The van der Waals surface area contributed by atoms with Crippen molar-refractivity contribution in [3.05, 3.63) is 58.5 Å². The summed E-state index contributed by atoms with van der Waals surface area (Å²) in [6.07, 6.45) is -1.46. The van der Waals surface area contributed by atoms with Crippen LogP contribution in [0.25, 0.3) is 0 Å². The molecule has 0 aliphatic heterocycles. The van der Waals surface area contributed by atoms with Gasteiger partial charge < -0.3 is 11.5 Å². The smallest absolute Gasteiger partial charge is 0.399 e. The fourth-order valence-corrected chi connectivity index (χ4v) is 2.60. The lowest BCUT2D eigenvalue weighted by Crippen LogP contribution is -2.55. The van der Waals surface area contributed by atoms with Gasteiger partial charge in [0, 0.05) is 16.8 Å². The summed E-state index contributed by atoms with van der Waals surface area (Å²) in [4.78, 5) is 0. The maximum atomic E-state index is 13.6. The molecule has 1 aliphatic rings. The van der Waals surface area contributed by atoms with Gasteiger partial charge in [-0.15, -0.1) is 0 Å². The lowest BCUT2D eigenvalue weighted by atomic mass is 9.71. The first kappa shape index (κ1) is 14.9. The van der Waals surface area contributed by atoms with Gasteiger partial charge in [0.25, 0.3) is 0 Å². The van der Waals surface area contributed by atoms with E-state index in [1.165, 1.54) is 6.08 Å². The molecule has 0 saturated heterocycles. The van der Waals surface area contributed by atoms with Crippen molar-refractivity contribution >= 4 is 11.6 Å². The van der Waals surface area contributed by atoms with Gasteiger partial charge >= 0.3 is 6.18 Å². The molecule has 2 atom stereocenters. The first-order valence-corrected chi connectivity index (χ1v) is 6.00. The quantitative estimate of drug-likeness (QED) is 0.784. The third-order valence-electron chi connectivity index (χ3n) is 3.26. The normalized spacial score (nSPS) is 26.5. The molecular formula is C13H11ClF4N2. The molecule has 2 nitrogen and oxygen atoms in total. The Kier molecular flexibility index (Phi) is 3.56. The Morgan fingerprint density at radius 1 is 1.25 bits per heavy atom. The molecule has 0 fully saturated rings. The van der Waals surface area contributed by atoms with Crippen LogP contribution in [0.3, 0.4) is 0 Å². The first-order chi connectivity index (χ1) is 9.18. The maximum Gasteiger partial charge on any atom is 0.403 e. The summed E-state index contributed by atoms with van der Waals surface area (Å²) < 4.78 is 53.9. The summed E-state index contributed by atoms with van der Waals surface area (Å²) in [5.41, 5.74) is 8.15. The zero-order chi connectivity index (χ0) is 15.1. The van der Waals surface area contributed by atoms with Crippen LogP contribution in [0.2, 0.25) is 5.02 Å². The molecule has 4 N–H and O–H groups in total. The van der Waals surface area contributed by atoms with Crippen LogP contribution in [-0.2, 0) is 5.41 Å². The van der Waals surface area contributed by atoms with Gasteiger partial charge in [-0.2, -0.15) is 13.2 Å². The zero-order valence-corrected chi connectivity index (χ0v) is 10.8. The predicted molar refractivity (Wildman–Crippen MR) is 68.5 cm³/mol. The standard InChI is InChI=1S/C13H11ClF4N2/c14-10-5-7(15)1-3-9(10)12(13(16,17)18)6-8(19)2-4-11(12)20/h1-6,11H,19-20H2. The Bertz CT molecular complexity index is 595. The highest BCUT2D eigenvalue weighted by Crippen LogP contribution is 2.48. The Balaban J connectivity index is 2.75. The molecule has 2 rings (SSSR count). The van der Waals surface area contributed by atoms with Crippen molar-refractivity contribution in [2.75, 3.05) is 0 Å². The van der Waals surface area contributed by atoms with Crippen molar-refractivity contribution in [2.45, 2.75) is 17.6 Å². The molecule has 0 amide bonds. The van der Waals surface area contributed by atoms with Gasteiger partial charge in [0.05, 0.1) is 0 Å². The number of alkyl halides is 3. The fourth-order valence-electron chi connectivity index (χ4n) is 2.28. The van der Waals surface area contributed by atoms with Crippen molar-refractivity contribution in [1.29, 1.82) is 0 Å². The van der Waals surface area contributed by atoms with Gasteiger partial charge in [-0.1, -0.05) is 23.7 Å². The third-order valence-corrected chi connectivity index (χ3v) is 3.57. The van der Waals surface area contributed by atoms with Gasteiger partial charge in [0.15, 0.2) is 0 Å². The van der Waals surface area contributed by atoms with Gasteiger partial charge in [-0.25, -0.2) is 4.39 Å². The predicted octanol–water partition coefficient (Wildman–Crippen LogP) is 3.02. The fraction of sp³-hybridized carbons (Fsp3) is 0.231. The minimum absolute atomic E-state index is 0.0792. The molecule has 0 spiro atoms. The van der Waals surface area contributed by atoms with Crippen LogP contribution in [0.4, 0.5) is 17.6 Å². The van der Waals surface area contributed by atoms with Crippen LogP contribution in [0.5, 0.6) is 0 Å². The summed E-state index contributed by atoms with van der Waals surface area (Å²) in [6.45, 7) is 0. The van der Waals surface area contributed by atoms with Crippen molar-refractivity contribution in [2.24, 2.45) is 11.5 Å². The van der Waals surface area contributed by atoms with E-state index in [1.54, 1.807) is 0 Å². The largest absolute Gasteiger partial charge is 0.403 e. The van der Waals surface area contributed by atoms with Gasteiger partial charge in [-0.3, -0.25) is 0 Å². The zero-order valence-electron chi connectivity index (χ0n) is 10.1. The van der Waals surface area contributed by atoms with Gasteiger partial charge in [0.2, 0.25) is 0 Å². The molecule has 1 aromatic rings. The number of nitrogens with two attached hydrogens (primary N) is 2. The number of hydrogen-bond donors (Lipinski definition) is 2. The average Bonchev–Trinajstić information content (AvgIpc) is 2.31. The molecule has 108 valence electrons. The maximum absolute atomic E-state index is 13.6. The SMILES string of the molecule is NC1=CC(c2ccc(F)cc2Cl)(C(F)(F)F)C(N)C=C1. The number of benzene rings is 1. The molecule has 0 radical (unpaired) electrons. The van der Waals surface area contributed by atoms with Crippen molar-refractivity contribution < 1.29 is 17.6 Å². The number of allylic oxidation sites excluding steroid dienone is 1. The van der Waals surface area contributed by atoms with Crippen LogP contribution in [0, 0.1) is 5.82 Å². The Morgan fingerprint density at radius 2 is 1.90 bits per heavy atom. The molecular weight excluding hydrogens is 296 g/mol. The molecule has 0 aromatic heterocycles. The van der Waals surface area contributed by atoms with Crippen LogP contribution >= 0.6 is 11.6 Å². The van der Waals surface area contributed by atoms with Crippen LogP contribution < -0.4 is 11.5 Å². The number of hydrogen-bond acceptors (Lipinski definition) is 2. The van der Waals surface area contributed by atoms with E-state index in [-0.39, 0.29) is 16.3 Å². The summed E-state index contributed by atoms with van der Waals surface area (Å²) in [5, 5.41) is -0.350. The van der Waals surface area contributed by atoms with E-state index in [2.05, 4.69) is 0 Å². The molecule has 0 bridgehead atoms. The lowest BCUT2D eigenvalue weighted by molar-refractivity contribution is -0.179. The lowest BCUT2D eigenvalue weighted by Gasteiger charge is -2.39. The van der Waals surface area contributed by atoms with E-state index in [1.807, 2.05) is 0 Å². The van der Waals surface area contributed by atoms with Crippen molar-refractivity contribution in [3.8, 4) is 0 Å². The minimum atomic E-state index is -4.73. The summed E-state index contributed by atoms with van der Waals surface area (Å²) >= 11 is 5.78. The highest BCUT2D eigenvalue weighted by atomic mass is 35.5. The average molecular weight is 307 g/mol.